The van der Waals surface area contributed by atoms with Crippen LogP contribution >= 0.6 is 0 Å². The van der Waals surface area contributed by atoms with Gasteiger partial charge in [0.15, 0.2) is 5.65 Å². The Bertz CT molecular complexity index is 640. The topological polar surface area (TPSA) is 79.3 Å². The molecule has 2 rings (SSSR count). The predicted octanol–water partition coefficient (Wildman–Crippen LogP) is 1.30. The smallest absolute Gasteiger partial charge is 0.276 e. The van der Waals surface area contributed by atoms with Crippen LogP contribution in [0.25, 0.3) is 5.65 Å². The molecule has 2 aromatic rings. The molecule has 6 heteroatoms. The minimum atomic E-state index is -0.172. The van der Waals surface area contributed by atoms with Crippen molar-refractivity contribution >= 4 is 11.6 Å². The summed E-state index contributed by atoms with van der Waals surface area (Å²) in [5.41, 5.74) is 1.82. The van der Waals surface area contributed by atoms with E-state index in [0.29, 0.717) is 17.0 Å². The summed E-state index contributed by atoms with van der Waals surface area (Å²) in [6.45, 7) is 9.28. The molecule has 0 saturated heterocycles. The van der Waals surface area contributed by atoms with E-state index in [2.05, 4.69) is 15.4 Å². The maximum absolute atomic E-state index is 12.1. The average molecular weight is 264 g/mol. The summed E-state index contributed by atoms with van der Waals surface area (Å²) in [6, 6.07) is 1.82. The molecule has 0 bridgehead atoms. The highest BCUT2D eigenvalue weighted by molar-refractivity contribution is 5.72. The van der Waals surface area contributed by atoms with Crippen molar-refractivity contribution in [2.24, 2.45) is 0 Å². The SMILES string of the molecule is CC.CC(=O)NCc1c(C)cc2nc(C)[nH]n2c1=O. The molecule has 2 N–H and O–H groups in total. The second kappa shape index (κ2) is 6.17. The molecule has 0 aliphatic heterocycles. The van der Waals surface area contributed by atoms with E-state index in [4.69, 9.17) is 0 Å². The molecule has 19 heavy (non-hydrogen) atoms. The summed E-state index contributed by atoms with van der Waals surface area (Å²) in [6.07, 6.45) is 0. The lowest BCUT2D eigenvalue weighted by molar-refractivity contribution is -0.119. The molecular formula is C13H20N4O2. The van der Waals surface area contributed by atoms with Crippen molar-refractivity contribution in [3.05, 3.63) is 33.4 Å². The van der Waals surface area contributed by atoms with E-state index in [0.717, 1.165) is 5.56 Å². The van der Waals surface area contributed by atoms with Crippen LogP contribution in [0.15, 0.2) is 10.9 Å². The fourth-order valence-electron chi connectivity index (χ4n) is 1.73. The van der Waals surface area contributed by atoms with Crippen molar-refractivity contribution in [1.82, 2.24) is 19.9 Å². The molecule has 0 aliphatic carbocycles. The van der Waals surface area contributed by atoms with Crippen molar-refractivity contribution in [2.45, 2.75) is 41.2 Å². The largest absolute Gasteiger partial charge is 0.352 e. The number of pyridine rings is 1. The van der Waals surface area contributed by atoms with Crippen molar-refractivity contribution in [1.29, 1.82) is 0 Å². The van der Waals surface area contributed by atoms with E-state index in [1.165, 1.54) is 11.4 Å². The first-order valence-corrected chi connectivity index (χ1v) is 6.31. The lowest BCUT2D eigenvalue weighted by atomic mass is 10.1. The van der Waals surface area contributed by atoms with E-state index in [-0.39, 0.29) is 18.0 Å². The molecule has 0 fully saturated rings. The third-order valence-corrected chi connectivity index (χ3v) is 2.58. The van der Waals surface area contributed by atoms with Gasteiger partial charge in [-0.3, -0.25) is 14.7 Å². The molecule has 104 valence electrons. The molecule has 2 aromatic heterocycles. The molecule has 0 spiro atoms. The Morgan fingerprint density at radius 3 is 2.63 bits per heavy atom. The molecule has 0 aromatic carbocycles. The first kappa shape index (κ1) is 14.9. The van der Waals surface area contributed by atoms with Crippen LogP contribution in [-0.4, -0.2) is 20.5 Å². The Kier molecular flexibility index (Phi) is 4.86. The zero-order valence-corrected chi connectivity index (χ0v) is 12.0. The number of H-pyrrole nitrogens is 1. The second-order valence-electron chi connectivity index (χ2n) is 4.02. The van der Waals surface area contributed by atoms with Gasteiger partial charge < -0.3 is 5.32 Å². The first-order valence-electron chi connectivity index (χ1n) is 6.31. The number of fused-ring (bicyclic) bond motifs is 1. The van der Waals surface area contributed by atoms with Crippen LogP contribution in [0.4, 0.5) is 0 Å². The maximum atomic E-state index is 12.1. The van der Waals surface area contributed by atoms with Crippen LogP contribution < -0.4 is 10.9 Å². The van der Waals surface area contributed by atoms with Gasteiger partial charge in [0.2, 0.25) is 5.91 Å². The number of rotatable bonds is 2. The van der Waals surface area contributed by atoms with Crippen LogP contribution in [0.3, 0.4) is 0 Å². The maximum Gasteiger partial charge on any atom is 0.276 e. The van der Waals surface area contributed by atoms with Gasteiger partial charge in [-0.05, 0) is 25.5 Å². The van der Waals surface area contributed by atoms with Crippen LogP contribution in [0.2, 0.25) is 0 Å². The molecule has 0 saturated carbocycles. The first-order chi connectivity index (χ1) is 8.99. The highest BCUT2D eigenvalue weighted by Crippen LogP contribution is 2.06. The normalized spacial score (nSPS) is 9.95. The predicted molar refractivity (Wildman–Crippen MR) is 74.2 cm³/mol. The van der Waals surface area contributed by atoms with Crippen molar-refractivity contribution in [3.8, 4) is 0 Å². The fraction of sp³-hybridized carbons (Fsp3) is 0.462. The zero-order valence-electron chi connectivity index (χ0n) is 12.0. The van der Waals surface area contributed by atoms with Crippen LogP contribution in [0.1, 0.15) is 37.7 Å². The number of nitrogens with one attached hydrogen (secondary N) is 2. The number of aromatic amines is 1. The summed E-state index contributed by atoms with van der Waals surface area (Å²) in [5, 5.41) is 5.49. The molecule has 0 aliphatic rings. The summed E-state index contributed by atoms with van der Waals surface area (Å²) >= 11 is 0. The van der Waals surface area contributed by atoms with E-state index in [9.17, 15) is 9.59 Å². The van der Waals surface area contributed by atoms with E-state index < -0.39 is 0 Å². The van der Waals surface area contributed by atoms with Gasteiger partial charge in [0.25, 0.3) is 5.56 Å². The number of hydrogen-bond donors (Lipinski definition) is 2. The highest BCUT2D eigenvalue weighted by atomic mass is 16.1. The third-order valence-electron chi connectivity index (χ3n) is 2.58. The molecular weight excluding hydrogens is 244 g/mol. The Hall–Kier alpha value is -2.11. The minimum absolute atomic E-state index is 0.158. The molecule has 6 nitrogen and oxygen atoms in total. The van der Waals surface area contributed by atoms with Gasteiger partial charge in [0, 0.05) is 19.0 Å². The standard InChI is InChI=1S/C11H14N4O2.C2H6/c1-6-4-10-13-7(2)14-15(10)11(17)9(6)5-12-8(3)16;1-2/h4H,5H2,1-3H3,(H,12,16)(H,13,14);1-2H3. The quantitative estimate of drug-likeness (QED) is 0.858. The van der Waals surface area contributed by atoms with E-state index in [1.54, 1.807) is 6.92 Å². The lowest BCUT2D eigenvalue weighted by Crippen LogP contribution is -2.27. The Labute approximate surface area is 111 Å². The molecule has 2 heterocycles. The fourth-order valence-corrected chi connectivity index (χ4v) is 1.73. The molecule has 0 atom stereocenters. The number of hydrogen-bond acceptors (Lipinski definition) is 3. The Morgan fingerprint density at radius 1 is 1.42 bits per heavy atom. The average Bonchev–Trinajstić information content (AvgIpc) is 2.72. The zero-order chi connectivity index (χ0) is 14.6. The number of aryl methyl sites for hydroxylation is 2. The van der Waals surface area contributed by atoms with Gasteiger partial charge >= 0.3 is 0 Å². The van der Waals surface area contributed by atoms with Crippen LogP contribution in [-0.2, 0) is 11.3 Å². The summed E-state index contributed by atoms with van der Waals surface area (Å²) < 4.78 is 1.39. The summed E-state index contributed by atoms with van der Waals surface area (Å²) in [5.74, 6) is 0.521. The van der Waals surface area contributed by atoms with E-state index >= 15 is 0 Å². The molecule has 1 amide bonds. The van der Waals surface area contributed by atoms with Gasteiger partial charge in [-0.25, -0.2) is 4.98 Å². The van der Waals surface area contributed by atoms with Gasteiger partial charge in [-0.2, -0.15) is 4.52 Å². The molecule has 0 unspecified atom stereocenters. The number of nitrogens with zero attached hydrogens (tertiary/aromatic N) is 2. The van der Waals surface area contributed by atoms with Gasteiger partial charge in [-0.15, -0.1) is 0 Å². The Balaban J connectivity index is 0.000000861. The van der Waals surface area contributed by atoms with Crippen molar-refractivity contribution < 1.29 is 4.79 Å². The van der Waals surface area contributed by atoms with E-state index in [1.807, 2.05) is 26.8 Å². The minimum Gasteiger partial charge on any atom is -0.352 e. The summed E-state index contributed by atoms with van der Waals surface area (Å²) in [7, 11) is 0. The third kappa shape index (κ3) is 3.21. The number of aromatic nitrogens is 3. The Morgan fingerprint density at radius 2 is 2.05 bits per heavy atom. The highest BCUT2D eigenvalue weighted by Gasteiger charge is 2.10. The van der Waals surface area contributed by atoms with Crippen LogP contribution in [0.5, 0.6) is 0 Å². The molecule has 0 radical (unpaired) electrons. The van der Waals surface area contributed by atoms with Gasteiger partial charge in [0.1, 0.15) is 5.82 Å². The second-order valence-corrected chi connectivity index (χ2v) is 4.02. The van der Waals surface area contributed by atoms with Crippen molar-refractivity contribution in [2.75, 3.05) is 0 Å². The number of carbonyl (C=O) groups excluding carboxylic acids is 1. The monoisotopic (exact) mass is 264 g/mol. The van der Waals surface area contributed by atoms with Gasteiger partial charge in [0.05, 0.1) is 0 Å². The number of amides is 1. The van der Waals surface area contributed by atoms with Crippen molar-refractivity contribution in [3.63, 3.8) is 0 Å². The van der Waals surface area contributed by atoms with Gasteiger partial charge in [-0.1, -0.05) is 13.8 Å². The van der Waals surface area contributed by atoms with Crippen LogP contribution in [0, 0.1) is 13.8 Å². The number of carbonyl (C=O) groups is 1. The lowest BCUT2D eigenvalue weighted by Gasteiger charge is -2.05. The summed E-state index contributed by atoms with van der Waals surface area (Å²) in [4.78, 5) is 27.2.